The van der Waals surface area contributed by atoms with Crippen LogP contribution >= 0.6 is 0 Å². The van der Waals surface area contributed by atoms with Crippen molar-refractivity contribution in [1.29, 1.82) is 0 Å². The molecule has 0 atom stereocenters. The van der Waals surface area contributed by atoms with Crippen LogP contribution in [-0.4, -0.2) is 30.3 Å². The first-order valence-corrected chi connectivity index (χ1v) is 6.80. The van der Waals surface area contributed by atoms with Crippen LogP contribution in [0.3, 0.4) is 0 Å². The van der Waals surface area contributed by atoms with Crippen LogP contribution in [0.2, 0.25) is 0 Å². The summed E-state index contributed by atoms with van der Waals surface area (Å²) in [4.78, 5) is 2.44. The molecule has 3 nitrogen and oxygen atoms in total. The molecule has 1 heterocycles. The van der Waals surface area contributed by atoms with Crippen molar-refractivity contribution >= 4 is 5.69 Å². The summed E-state index contributed by atoms with van der Waals surface area (Å²) >= 11 is 0. The van der Waals surface area contributed by atoms with E-state index in [1.807, 2.05) is 13.8 Å². The zero-order valence-electron chi connectivity index (χ0n) is 11.4. The molecule has 1 aromatic rings. The van der Waals surface area contributed by atoms with Gasteiger partial charge in [-0.1, -0.05) is 12.1 Å². The van der Waals surface area contributed by atoms with Gasteiger partial charge in [-0.25, -0.2) is 0 Å². The number of rotatable bonds is 5. The van der Waals surface area contributed by atoms with Crippen molar-refractivity contribution in [3.8, 4) is 0 Å². The summed E-state index contributed by atoms with van der Waals surface area (Å²) in [6.07, 6.45) is 2.63. The van der Waals surface area contributed by atoms with Crippen LogP contribution in [0, 0.1) is 0 Å². The third-order valence-corrected chi connectivity index (χ3v) is 3.57. The van der Waals surface area contributed by atoms with Crippen molar-refractivity contribution in [2.45, 2.75) is 38.8 Å². The molecule has 1 fully saturated rings. The number of hydrogen-bond acceptors (Lipinski definition) is 3. The molecule has 0 aromatic heterocycles. The molecule has 0 amide bonds. The maximum Gasteiger partial charge on any atom is 0.0607 e. The summed E-state index contributed by atoms with van der Waals surface area (Å²) in [5.41, 5.74) is 2.38. The van der Waals surface area contributed by atoms with Crippen molar-refractivity contribution in [3.05, 3.63) is 29.8 Å². The largest absolute Gasteiger partial charge is 0.394 e. The average Bonchev–Trinajstić information content (AvgIpc) is 2.91. The lowest BCUT2D eigenvalue weighted by Crippen LogP contribution is -2.42. The predicted octanol–water partition coefficient (Wildman–Crippen LogP) is 2.15. The Bertz CT molecular complexity index is 367. The molecule has 0 saturated carbocycles. The van der Waals surface area contributed by atoms with Gasteiger partial charge in [0, 0.05) is 30.9 Å². The number of anilines is 1. The molecule has 1 aromatic carbocycles. The fourth-order valence-electron chi connectivity index (χ4n) is 2.20. The van der Waals surface area contributed by atoms with Gasteiger partial charge in [0.05, 0.1) is 6.61 Å². The van der Waals surface area contributed by atoms with Crippen LogP contribution in [0.1, 0.15) is 32.3 Å². The van der Waals surface area contributed by atoms with E-state index in [4.69, 9.17) is 0 Å². The summed E-state index contributed by atoms with van der Waals surface area (Å²) in [7, 11) is 0. The van der Waals surface area contributed by atoms with E-state index in [0.717, 1.165) is 6.54 Å². The molecule has 1 aliphatic heterocycles. The standard InChI is InChI=1S/C15H24N2O/c1-15(2,12-18)16-11-13-5-7-14(8-6-13)17-9-3-4-10-17/h5-8,16,18H,3-4,9-12H2,1-2H3. The lowest BCUT2D eigenvalue weighted by molar-refractivity contribution is 0.187. The zero-order chi connectivity index (χ0) is 13.0. The van der Waals surface area contributed by atoms with Gasteiger partial charge < -0.3 is 15.3 Å². The topological polar surface area (TPSA) is 35.5 Å². The van der Waals surface area contributed by atoms with Crippen LogP contribution in [0.4, 0.5) is 5.69 Å². The molecule has 1 aliphatic rings. The summed E-state index contributed by atoms with van der Waals surface area (Å²) < 4.78 is 0. The Morgan fingerprint density at radius 1 is 1.17 bits per heavy atom. The molecule has 2 N–H and O–H groups in total. The second kappa shape index (κ2) is 5.72. The molecule has 3 heteroatoms. The summed E-state index contributed by atoms with van der Waals surface area (Å²) in [5.74, 6) is 0. The third kappa shape index (κ3) is 3.47. The quantitative estimate of drug-likeness (QED) is 0.838. The molecule has 18 heavy (non-hydrogen) atoms. The number of aliphatic hydroxyl groups is 1. The first-order chi connectivity index (χ1) is 8.61. The molecule has 0 radical (unpaired) electrons. The van der Waals surface area contributed by atoms with E-state index in [0.29, 0.717) is 0 Å². The highest BCUT2D eigenvalue weighted by molar-refractivity contribution is 5.48. The van der Waals surface area contributed by atoms with E-state index in [9.17, 15) is 5.11 Å². The number of hydrogen-bond donors (Lipinski definition) is 2. The highest BCUT2D eigenvalue weighted by atomic mass is 16.3. The van der Waals surface area contributed by atoms with E-state index in [-0.39, 0.29) is 12.1 Å². The van der Waals surface area contributed by atoms with Crippen LogP contribution in [0.5, 0.6) is 0 Å². The Morgan fingerprint density at radius 3 is 2.33 bits per heavy atom. The summed E-state index contributed by atoms with van der Waals surface area (Å²) in [5, 5.41) is 12.5. The maximum atomic E-state index is 9.19. The number of aliphatic hydroxyl groups excluding tert-OH is 1. The predicted molar refractivity (Wildman–Crippen MR) is 75.9 cm³/mol. The van der Waals surface area contributed by atoms with Crippen LogP contribution in [-0.2, 0) is 6.54 Å². The Morgan fingerprint density at radius 2 is 1.78 bits per heavy atom. The SMILES string of the molecule is CC(C)(CO)NCc1ccc(N2CCCC2)cc1. The highest BCUT2D eigenvalue weighted by Crippen LogP contribution is 2.20. The van der Waals surface area contributed by atoms with Crippen LogP contribution in [0.25, 0.3) is 0 Å². The van der Waals surface area contributed by atoms with Crippen molar-refractivity contribution in [3.63, 3.8) is 0 Å². The molecule has 100 valence electrons. The monoisotopic (exact) mass is 248 g/mol. The van der Waals surface area contributed by atoms with E-state index in [1.165, 1.54) is 37.2 Å². The van der Waals surface area contributed by atoms with Gasteiger partial charge in [0.2, 0.25) is 0 Å². The molecule has 0 unspecified atom stereocenters. The second-order valence-electron chi connectivity index (χ2n) is 5.76. The van der Waals surface area contributed by atoms with E-state index in [2.05, 4.69) is 34.5 Å². The minimum atomic E-state index is -0.215. The molecular formula is C15H24N2O. The van der Waals surface area contributed by atoms with Crippen LogP contribution < -0.4 is 10.2 Å². The van der Waals surface area contributed by atoms with Gasteiger partial charge in [0.25, 0.3) is 0 Å². The highest BCUT2D eigenvalue weighted by Gasteiger charge is 2.15. The molecule has 0 aliphatic carbocycles. The van der Waals surface area contributed by atoms with Gasteiger partial charge in [-0.05, 0) is 44.4 Å². The first kappa shape index (κ1) is 13.4. The lowest BCUT2D eigenvalue weighted by Gasteiger charge is -2.24. The minimum absolute atomic E-state index is 0.152. The normalized spacial score (nSPS) is 16.3. The minimum Gasteiger partial charge on any atom is -0.394 e. The molecule has 1 saturated heterocycles. The van der Waals surface area contributed by atoms with Crippen LogP contribution in [0.15, 0.2) is 24.3 Å². The first-order valence-electron chi connectivity index (χ1n) is 6.80. The summed E-state index contributed by atoms with van der Waals surface area (Å²) in [6, 6.07) is 8.75. The van der Waals surface area contributed by atoms with Gasteiger partial charge in [0.1, 0.15) is 0 Å². The Balaban J connectivity index is 1.91. The van der Waals surface area contributed by atoms with E-state index < -0.39 is 0 Å². The second-order valence-corrected chi connectivity index (χ2v) is 5.76. The smallest absolute Gasteiger partial charge is 0.0607 e. The van der Waals surface area contributed by atoms with Gasteiger partial charge in [-0.3, -0.25) is 0 Å². The Hall–Kier alpha value is -1.06. The molecular weight excluding hydrogens is 224 g/mol. The van der Waals surface area contributed by atoms with Crippen molar-refractivity contribution in [1.82, 2.24) is 5.32 Å². The Labute approximate surface area is 110 Å². The van der Waals surface area contributed by atoms with Crippen molar-refractivity contribution in [2.75, 3.05) is 24.6 Å². The fourth-order valence-corrected chi connectivity index (χ4v) is 2.20. The average molecular weight is 248 g/mol. The molecule has 0 spiro atoms. The van der Waals surface area contributed by atoms with E-state index in [1.54, 1.807) is 0 Å². The third-order valence-electron chi connectivity index (χ3n) is 3.57. The van der Waals surface area contributed by atoms with Gasteiger partial charge in [-0.15, -0.1) is 0 Å². The zero-order valence-corrected chi connectivity index (χ0v) is 11.4. The molecule has 0 bridgehead atoms. The van der Waals surface area contributed by atoms with Gasteiger partial charge >= 0.3 is 0 Å². The number of benzene rings is 1. The van der Waals surface area contributed by atoms with E-state index >= 15 is 0 Å². The van der Waals surface area contributed by atoms with Gasteiger partial charge in [-0.2, -0.15) is 0 Å². The lowest BCUT2D eigenvalue weighted by atomic mass is 10.1. The number of nitrogens with one attached hydrogen (secondary N) is 1. The van der Waals surface area contributed by atoms with Gasteiger partial charge in [0.15, 0.2) is 0 Å². The van der Waals surface area contributed by atoms with Crippen molar-refractivity contribution < 1.29 is 5.11 Å². The Kier molecular flexibility index (Phi) is 4.25. The molecule has 2 rings (SSSR count). The fraction of sp³-hybridized carbons (Fsp3) is 0.600. The summed E-state index contributed by atoms with van der Waals surface area (Å²) in [6.45, 7) is 7.34. The van der Waals surface area contributed by atoms with Crippen molar-refractivity contribution in [2.24, 2.45) is 0 Å². The maximum absolute atomic E-state index is 9.19. The number of nitrogens with zero attached hydrogens (tertiary/aromatic N) is 1.